The number of nitrogens with two attached hydrogens (primary N) is 1. The van der Waals surface area contributed by atoms with E-state index in [0.29, 0.717) is 6.61 Å². The van der Waals surface area contributed by atoms with Gasteiger partial charge in [0.2, 0.25) is 0 Å². The van der Waals surface area contributed by atoms with Crippen LogP contribution in [0, 0.1) is 0 Å². The van der Waals surface area contributed by atoms with E-state index in [1.807, 2.05) is 13.8 Å². The molecule has 0 spiro atoms. The molecule has 9 heavy (non-hydrogen) atoms. The van der Waals surface area contributed by atoms with Gasteiger partial charge in [-0.05, 0) is 6.92 Å². The van der Waals surface area contributed by atoms with Gasteiger partial charge >= 0.3 is 5.97 Å². The molecule has 3 heteroatoms. The first-order valence-corrected chi connectivity index (χ1v) is 3.17. The summed E-state index contributed by atoms with van der Waals surface area (Å²) >= 11 is 0. The fourth-order valence-electron chi connectivity index (χ4n) is 0.220. The summed E-state index contributed by atoms with van der Waals surface area (Å²) in [6.07, 6.45) is 0. The number of hydrogen-bond donors (Lipinski definition) is 1. The Morgan fingerprint density at radius 2 is 2.11 bits per heavy atom. The molecule has 0 amide bonds. The van der Waals surface area contributed by atoms with Crippen molar-refractivity contribution in [2.45, 2.75) is 20.8 Å². The zero-order valence-electron chi connectivity index (χ0n) is 6.31. The standard InChI is InChI=1S/C4H9NO2.C2H6.H2/c1-2-7-4(6)3-5;1-2;/h2-3,5H2,1H3;1-2H3;1H. The summed E-state index contributed by atoms with van der Waals surface area (Å²) in [5, 5.41) is 0. The minimum absolute atomic E-state index is 0. The lowest BCUT2D eigenvalue weighted by atomic mass is 10.7. The predicted molar refractivity (Wildman–Crippen MR) is 39.1 cm³/mol. The first-order valence-electron chi connectivity index (χ1n) is 3.17. The second-order valence-corrected chi connectivity index (χ2v) is 1.01. The minimum Gasteiger partial charge on any atom is -0.465 e. The molecule has 0 fully saturated rings. The Kier molecular flexibility index (Phi) is 13.0. The highest BCUT2D eigenvalue weighted by atomic mass is 16.5. The third-order valence-corrected chi connectivity index (χ3v) is 0.472. The number of rotatable bonds is 2. The van der Waals surface area contributed by atoms with Gasteiger partial charge in [-0.25, -0.2) is 0 Å². The maximum atomic E-state index is 10.1. The largest absolute Gasteiger partial charge is 0.465 e. The smallest absolute Gasteiger partial charge is 0.319 e. The number of carbonyl (C=O) groups is 1. The molecular formula is C6H17NO2. The highest BCUT2D eigenvalue weighted by Crippen LogP contribution is 1.69. The van der Waals surface area contributed by atoms with Gasteiger partial charge in [0, 0.05) is 1.43 Å². The molecule has 0 aliphatic rings. The van der Waals surface area contributed by atoms with E-state index in [0.717, 1.165) is 0 Å². The van der Waals surface area contributed by atoms with E-state index >= 15 is 0 Å². The molecule has 0 heterocycles. The fourth-order valence-corrected chi connectivity index (χ4v) is 0.220. The maximum absolute atomic E-state index is 10.1. The van der Waals surface area contributed by atoms with E-state index in [-0.39, 0.29) is 13.9 Å². The molecule has 0 atom stereocenters. The Hall–Kier alpha value is -0.570. The van der Waals surface area contributed by atoms with Crippen LogP contribution in [0.1, 0.15) is 22.2 Å². The molecule has 0 aromatic rings. The number of carbonyl (C=O) groups excluding carboxylic acids is 1. The molecule has 0 unspecified atom stereocenters. The third-order valence-electron chi connectivity index (χ3n) is 0.472. The van der Waals surface area contributed by atoms with Gasteiger partial charge < -0.3 is 10.5 Å². The molecule has 0 aromatic heterocycles. The quantitative estimate of drug-likeness (QED) is 0.569. The van der Waals surface area contributed by atoms with Gasteiger partial charge in [-0.3, -0.25) is 4.79 Å². The molecule has 0 rings (SSSR count). The number of ether oxygens (including phenoxy) is 1. The number of hydrogen-bond acceptors (Lipinski definition) is 3. The second-order valence-electron chi connectivity index (χ2n) is 1.01. The van der Waals surface area contributed by atoms with Crippen molar-refractivity contribution in [1.29, 1.82) is 0 Å². The summed E-state index contributed by atoms with van der Waals surface area (Å²) in [4.78, 5) is 10.1. The van der Waals surface area contributed by atoms with E-state index in [1.54, 1.807) is 6.92 Å². The van der Waals surface area contributed by atoms with E-state index < -0.39 is 0 Å². The summed E-state index contributed by atoms with van der Waals surface area (Å²) in [5.41, 5.74) is 4.88. The molecule has 0 aliphatic heterocycles. The van der Waals surface area contributed by atoms with Crippen LogP contribution in [-0.4, -0.2) is 19.1 Å². The van der Waals surface area contributed by atoms with Crippen molar-refractivity contribution in [1.82, 2.24) is 0 Å². The SMILES string of the molecule is CC.CCOC(=O)CN.[HH]. The van der Waals surface area contributed by atoms with Crippen molar-refractivity contribution in [2.24, 2.45) is 5.73 Å². The Labute approximate surface area is 57.7 Å². The van der Waals surface area contributed by atoms with Crippen LogP contribution in [0.4, 0.5) is 0 Å². The first kappa shape index (κ1) is 11.3. The molecule has 2 N–H and O–H groups in total. The zero-order valence-corrected chi connectivity index (χ0v) is 6.31. The van der Waals surface area contributed by atoms with E-state index in [2.05, 4.69) is 4.74 Å². The Morgan fingerprint density at radius 1 is 1.67 bits per heavy atom. The first-order chi connectivity index (χ1) is 4.31. The van der Waals surface area contributed by atoms with Gasteiger partial charge in [-0.15, -0.1) is 0 Å². The summed E-state index contributed by atoms with van der Waals surface area (Å²) in [6, 6.07) is 0. The topological polar surface area (TPSA) is 52.3 Å². The Bertz CT molecular complexity index is 68.8. The van der Waals surface area contributed by atoms with Crippen LogP contribution >= 0.6 is 0 Å². The highest BCUT2D eigenvalue weighted by Gasteiger charge is 1.91. The monoisotopic (exact) mass is 135 g/mol. The van der Waals surface area contributed by atoms with Gasteiger partial charge in [0.1, 0.15) is 0 Å². The Morgan fingerprint density at radius 3 is 2.22 bits per heavy atom. The van der Waals surface area contributed by atoms with Crippen molar-refractivity contribution >= 4 is 5.97 Å². The van der Waals surface area contributed by atoms with Crippen molar-refractivity contribution in [3.63, 3.8) is 0 Å². The lowest BCUT2D eigenvalue weighted by Gasteiger charge is -1.93. The zero-order chi connectivity index (χ0) is 7.70. The molecule has 0 saturated heterocycles. The summed E-state index contributed by atoms with van der Waals surface area (Å²) in [5.74, 6) is -0.345. The Balaban J connectivity index is -0.000000149. The highest BCUT2D eigenvalue weighted by molar-refractivity contribution is 5.71. The van der Waals surface area contributed by atoms with Crippen LogP contribution < -0.4 is 5.73 Å². The van der Waals surface area contributed by atoms with Crippen molar-refractivity contribution < 1.29 is 11.0 Å². The summed E-state index contributed by atoms with van der Waals surface area (Å²) in [7, 11) is 0. The van der Waals surface area contributed by atoms with Gasteiger partial charge in [-0.2, -0.15) is 0 Å². The van der Waals surface area contributed by atoms with Crippen LogP contribution in [0.15, 0.2) is 0 Å². The third kappa shape index (κ3) is 11.2. The molecule has 0 aliphatic carbocycles. The molecule has 0 bridgehead atoms. The van der Waals surface area contributed by atoms with Crippen LogP contribution in [0.3, 0.4) is 0 Å². The predicted octanol–water partition coefficient (Wildman–Crippen LogP) is 0.780. The molecule has 0 radical (unpaired) electrons. The van der Waals surface area contributed by atoms with E-state index in [4.69, 9.17) is 5.73 Å². The number of esters is 1. The van der Waals surface area contributed by atoms with Crippen molar-refractivity contribution in [2.75, 3.05) is 13.2 Å². The van der Waals surface area contributed by atoms with E-state index in [9.17, 15) is 4.79 Å². The maximum Gasteiger partial charge on any atom is 0.319 e. The van der Waals surface area contributed by atoms with Crippen molar-refractivity contribution in [3.05, 3.63) is 0 Å². The second kappa shape index (κ2) is 10.4. The van der Waals surface area contributed by atoms with Gasteiger partial charge in [0.15, 0.2) is 0 Å². The summed E-state index contributed by atoms with van der Waals surface area (Å²) < 4.78 is 4.43. The average molecular weight is 135 g/mol. The molecule has 3 nitrogen and oxygen atoms in total. The van der Waals surface area contributed by atoms with Gasteiger partial charge in [0.25, 0.3) is 0 Å². The minimum atomic E-state index is -0.345. The normalized spacial score (nSPS) is 7.11. The lowest BCUT2D eigenvalue weighted by Crippen LogP contribution is -2.16. The van der Waals surface area contributed by atoms with Crippen LogP contribution in [0.5, 0.6) is 0 Å². The average Bonchev–Trinajstić information content (AvgIpc) is 1.93. The summed E-state index contributed by atoms with van der Waals surface area (Å²) in [6.45, 7) is 6.14. The molecular weight excluding hydrogens is 118 g/mol. The molecule has 58 valence electrons. The molecule has 0 aromatic carbocycles. The van der Waals surface area contributed by atoms with Gasteiger partial charge in [0.05, 0.1) is 13.2 Å². The van der Waals surface area contributed by atoms with Crippen LogP contribution in [-0.2, 0) is 9.53 Å². The van der Waals surface area contributed by atoms with Crippen LogP contribution in [0.25, 0.3) is 0 Å². The van der Waals surface area contributed by atoms with E-state index in [1.165, 1.54) is 0 Å². The van der Waals surface area contributed by atoms with Crippen molar-refractivity contribution in [3.8, 4) is 0 Å². The van der Waals surface area contributed by atoms with Crippen LogP contribution in [0.2, 0.25) is 0 Å². The lowest BCUT2D eigenvalue weighted by molar-refractivity contribution is -0.141. The molecule has 0 saturated carbocycles. The fraction of sp³-hybridized carbons (Fsp3) is 0.833. The van der Waals surface area contributed by atoms with Gasteiger partial charge in [-0.1, -0.05) is 13.8 Å².